The molecule has 4 rings (SSSR count). The van der Waals surface area contributed by atoms with Crippen molar-refractivity contribution in [1.29, 1.82) is 0 Å². The molecule has 0 bridgehead atoms. The first-order chi connectivity index (χ1) is 14.2. The number of fused-ring (bicyclic) bond motifs is 1. The summed E-state index contributed by atoms with van der Waals surface area (Å²) in [4.78, 5) is 7.27. The Morgan fingerprint density at radius 3 is 2.66 bits per heavy atom. The second-order valence-corrected chi connectivity index (χ2v) is 7.87. The van der Waals surface area contributed by atoms with E-state index in [1.54, 1.807) is 0 Å². The lowest BCUT2D eigenvalue weighted by Gasteiger charge is -2.26. The van der Waals surface area contributed by atoms with Crippen LogP contribution in [0.15, 0.2) is 30.3 Å². The molecule has 0 atom stereocenters. The van der Waals surface area contributed by atoms with Crippen molar-refractivity contribution in [2.24, 2.45) is 0 Å². The van der Waals surface area contributed by atoms with Gasteiger partial charge >= 0.3 is 0 Å². The lowest BCUT2D eigenvalue weighted by molar-refractivity contribution is 0.0378. The van der Waals surface area contributed by atoms with Crippen LogP contribution in [0, 0.1) is 6.92 Å². The summed E-state index contributed by atoms with van der Waals surface area (Å²) < 4.78 is 7.37. The number of anilines is 1. The number of rotatable bonds is 7. The third kappa shape index (κ3) is 4.55. The van der Waals surface area contributed by atoms with Gasteiger partial charge in [-0.2, -0.15) is 9.61 Å². The van der Waals surface area contributed by atoms with Gasteiger partial charge in [-0.1, -0.05) is 30.7 Å². The molecule has 1 aliphatic rings. The molecule has 3 heterocycles. The Labute approximate surface area is 176 Å². The molecule has 2 aromatic heterocycles. The fraction of sp³-hybridized carbons (Fsp3) is 0.455. The van der Waals surface area contributed by atoms with Crippen LogP contribution in [0.5, 0.6) is 0 Å². The highest BCUT2D eigenvalue weighted by atomic mass is 35.5. The van der Waals surface area contributed by atoms with Gasteiger partial charge in [-0.3, -0.25) is 4.90 Å². The van der Waals surface area contributed by atoms with E-state index in [9.17, 15) is 0 Å². The Kier molecular flexibility index (Phi) is 6.33. The van der Waals surface area contributed by atoms with Gasteiger partial charge < -0.3 is 10.1 Å². The number of aryl methyl sites for hydroxylation is 2. The zero-order valence-electron chi connectivity index (χ0n) is 17.1. The third-order valence-electron chi connectivity index (χ3n) is 5.32. The summed E-state index contributed by atoms with van der Waals surface area (Å²) in [6, 6.07) is 9.98. The monoisotopic (exact) mass is 413 g/mol. The second kappa shape index (κ2) is 9.11. The van der Waals surface area contributed by atoms with E-state index in [4.69, 9.17) is 26.4 Å². The van der Waals surface area contributed by atoms with Crippen LogP contribution in [-0.2, 0) is 11.2 Å². The van der Waals surface area contributed by atoms with Gasteiger partial charge in [0.2, 0.25) is 0 Å². The van der Waals surface area contributed by atoms with Crippen molar-refractivity contribution >= 4 is 23.1 Å². The molecule has 0 amide bonds. The largest absolute Gasteiger partial charge is 0.379 e. The van der Waals surface area contributed by atoms with Gasteiger partial charge in [0.15, 0.2) is 5.65 Å². The molecule has 1 aromatic carbocycles. The summed E-state index contributed by atoms with van der Waals surface area (Å²) in [6.45, 7) is 9.89. The molecule has 29 heavy (non-hydrogen) atoms. The van der Waals surface area contributed by atoms with Crippen LogP contribution in [0.25, 0.3) is 16.8 Å². The van der Waals surface area contributed by atoms with Crippen LogP contribution < -0.4 is 5.32 Å². The second-order valence-electron chi connectivity index (χ2n) is 7.43. The van der Waals surface area contributed by atoms with Gasteiger partial charge in [-0.05, 0) is 44.0 Å². The molecule has 0 unspecified atom stereocenters. The average molecular weight is 414 g/mol. The topological polar surface area (TPSA) is 54.7 Å². The van der Waals surface area contributed by atoms with E-state index in [1.165, 1.54) is 0 Å². The fourth-order valence-electron chi connectivity index (χ4n) is 3.81. The third-order valence-corrected chi connectivity index (χ3v) is 5.57. The Hall–Kier alpha value is -2.15. The SMILES string of the molecule is CCc1nn2c(NCCCN3CCOCC3)cc(C)nc2c1-c1ccc(Cl)cc1. The van der Waals surface area contributed by atoms with E-state index in [1.807, 2.05) is 35.7 Å². The molecule has 1 N–H and O–H groups in total. The van der Waals surface area contributed by atoms with Crippen molar-refractivity contribution in [3.63, 3.8) is 0 Å². The van der Waals surface area contributed by atoms with E-state index >= 15 is 0 Å². The molecule has 1 saturated heterocycles. The van der Waals surface area contributed by atoms with Crippen LogP contribution in [0.3, 0.4) is 0 Å². The van der Waals surface area contributed by atoms with Crippen molar-refractivity contribution < 1.29 is 4.74 Å². The Balaban J connectivity index is 1.57. The maximum Gasteiger partial charge on any atom is 0.165 e. The van der Waals surface area contributed by atoms with Crippen molar-refractivity contribution in [1.82, 2.24) is 19.5 Å². The number of nitrogens with one attached hydrogen (secondary N) is 1. The highest BCUT2D eigenvalue weighted by Gasteiger charge is 2.17. The van der Waals surface area contributed by atoms with Crippen LogP contribution in [-0.4, -0.2) is 58.9 Å². The normalized spacial score (nSPS) is 15.1. The van der Waals surface area contributed by atoms with Gasteiger partial charge in [0.1, 0.15) is 5.82 Å². The lowest BCUT2D eigenvalue weighted by atomic mass is 10.0. The summed E-state index contributed by atoms with van der Waals surface area (Å²) >= 11 is 6.09. The van der Waals surface area contributed by atoms with Crippen molar-refractivity contribution in [3.05, 3.63) is 46.7 Å². The number of ether oxygens (including phenoxy) is 1. The molecule has 6 nitrogen and oxygen atoms in total. The maximum absolute atomic E-state index is 6.09. The predicted molar refractivity (Wildman–Crippen MR) is 118 cm³/mol. The molecule has 0 spiro atoms. The zero-order chi connectivity index (χ0) is 20.2. The molecule has 154 valence electrons. The Bertz CT molecular complexity index is 963. The summed E-state index contributed by atoms with van der Waals surface area (Å²) in [6.07, 6.45) is 1.92. The molecule has 1 fully saturated rings. The van der Waals surface area contributed by atoms with Gasteiger partial charge in [0.05, 0.1) is 18.9 Å². The first-order valence-corrected chi connectivity index (χ1v) is 10.7. The van der Waals surface area contributed by atoms with E-state index in [0.29, 0.717) is 0 Å². The quantitative estimate of drug-likeness (QED) is 0.592. The number of aromatic nitrogens is 3. The van der Waals surface area contributed by atoms with Gasteiger partial charge in [0.25, 0.3) is 0 Å². The molecular weight excluding hydrogens is 386 g/mol. The van der Waals surface area contributed by atoms with E-state index in [2.05, 4.69) is 23.2 Å². The van der Waals surface area contributed by atoms with E-state index in [0.717, 1.165) is 91.2 Å². The van der Waals surface area contributed by atoms with Crippen molar-refractivity contribution in [2.45, 2.75) is 26.7 Å². The van der Waals surface area contributed by atoms with Crippen LogP contribution in [0.1, 0.15) is 24.7 Å². The summed E-state index contributed by atoms with van der Waals surface area (Å²) in [7, 11) is 0. The molecule has 3 aromatic rings. The lowest BCUT2D eigenvalue weighted by Crippen LogP contribution is -2.37. The van der Waals surface area contributed by atoms with Gasteiger partial charge in [-0.25, -0.2) is 4.98 Å². The number of hydrogen-bond donors (Lipinski definition) is 1. The number of nitrogens with zero attached hydrogens (tertiary/aromatic N) is 4. The van der Waals surface area contributed by atoms with Crippen molar-refractivity contribution in [2.75, 3.05) is 44.7 Å². The fourth-order valence-corrected chi connectivity index (χ4v) is 3.94. The average Bonchev–Trinajstić information content (AvgIpc) is 3.11. The van der Waals surface area contributed by atoms with Crippen molar-refractivity contribution in [3.8, 4) is 11.1 Å². The number of morpholine rings is 1. The molecule has 0 saturated carbocycles. The first-order valence-electron chi connectivity index (χ1n) is 10.3. The predicted octanol–water partition coefficient (Wildman–Crippen LogP) is 4.05. The summed E-state index contributed by atoms with van der Waals surface area (Å²) in [5.41, 5.74) is 5.09. The molecule has 1 aliphatic heterocycles. The van der Waals surface area contributed by atoms with Gasteiger partial charge in [-0.15, -0.1) is 0 Å². The minimum Gasteiger partial charge on any atom is -0.379 e. The number of halogens is 1. The van der Waals surface area contributed by atoms with Crippen LogP contribution >= 0.6 is 11.6 Å². The number of benzene rings is 1. The highest BCUT2D eigenvalue weighted by molar-refractivity contribution is 6.30. The maximum atomic E-state index is 6.09. The molecule has 0 radical (unpaired) electrons. The minimum atomic E-state index is 0.732. The summed E-state index contributed by atoms with van der Waals surface area (Å²) in [5, 5.41) is 9.18. The Morgan fingerprint density at radius 1 is 1.17 bits per heavy atom. The standard InChI is InChI=1S/C22H28ClN5O/c1-3-19-21(17-5-7-18(23)8-6-17)22-25-16(2)15-20(28(22)26-19)24-9-4-10-27-11-13-29-14-12-27/h5-8,15,24H,3-4,9-14H2,1-2H3. The van der Waals surface area contributed by atoms with E-state index in [-0.39, 0.29) is 0 Å². The smallest absolute Gasteiger partial charge is 0.165 e. The van der Waals surface area contributed by atoms with Crippen LogP contribution in [0.4, 0.5) is 5.82 Å². The van der Waals surface area contributed by atoms with E-state index < -0.39 is 0 Å². The number of hydrogen-bond acceptors (Lipinski definition) is 5. The first kappa shape index (κ1) is 20.1. The summed E-state index contributed by atoms with van der Waals surface area (Å²) in [5.74, 6) is 0.990. The van der Waals surface area contributed by atoms with Gasteiger partial charge in [0, 0.05) is 42.0 Å². The highest BCUT2D eigenvalue weighted by Crippen LogP contribution is 2.30. The molecule has 7 heteroatoms. The Morgan fingerprint density at radius 2 is 1.93 bits per heavy atom. The zero-order valence-corrected chi connectivity index (χ0v) is 17.9. The van der Waals surface area contributed by atoms with Crippen LogP contribution in [0.2, 0.25) is 5.02 Å². The molecule has 0 aliphatic carbocycles. The molecular formula is C22H28ClN5O. The minimum absolute atomic E-state index is 0.732.